The molecule has 0 aliphatic rings. The van der Waals surface area contributed by atoms with Crippen LogP contribution >= 0.6 is 15.9 Å². The average molecular weight is 294 g/mol. The molecule has 0 saturated carbocycles. The molecule has 0 aliphatic carbocycles. The summed E-state index contributed by atoms with van der Waals surface area (Å²) < 4.78 is 6.49. The van der Waals surface area contributed by atoms with Crippen molar-refractivity contribution in [1.82, 2.24) is 9.97 Å². The lowest BCUT2D eigenvalue weighted by Crippen LogP contribution is -1.97. The monoisotopic (exact) mass is 293 g/mol. The van der Waals surface area contributed by atoms with E-state index in [4.69, 9.17) is 10.5 Å². The van der Waals surface area contributed by atoms with E-state index in [1.807, 2.05) is 19.9 Å². The molecule has 0 aliphatic heterocycles. The van der Waals surface area contributed by atoms with Gasteiger partial charge in [-0.25, -0.2) is 4.98 Å². The number of rotatable bonds is 2. The van der Waals surface area contributed by atoms with Crippen molar-refractivity contribution in [2.75, 3.05) is 5.73 Å². The van der Waals surface area contributed by atoms with Crippen molar-refractivity contribution >= 4 is 21.6 Å². The zero-order chi connectivity index (χ0) is 12.4. The van der Waals surface area contributed by atoms with Gasteiger partial charge in [0.15, 0.2) is 5.75 Å². The van der Waals surface area contributed by atoms with Gasteiger partial charge in [-0.3, -0.25) is 4.98 Å². The van der Waals surface area contributed by atoms with E-state index in [0.717, 1.165) is 15.9 Å². The summed E-state index contributed by atoms with van der Waals surface area (Å²) in [6.45, 7) is 3.79. The second-order valence-corrected chi connectivity index (χ2v) is 4.58. The maximum absolute atomic E-state index is 5.83. The summed E-state index contributed by atoms with van der Waals surface area (Å²) in [6, 6.07) is 5.43. The minimum atomic E-state index is 0.446. The van der Waals surface area contributed by atoms with E-state index in [-0.39, 0.29) is 0 Å². The molecule has 5 heteroatoms. The minimum Gasteiger partial charge on any atom is -0.435 e. The predicted octanol–water partition coefficient (Wildman–Crippen LogP) is 3.23. The Balaban J connectivity index is 2.28. The van der Waals surface area contributed by atoms with E-state index in [9.17, 15) is 0 Å². The number of hydrogen-bond acceptors (Lipinski definition) is 4. The summed E-state index contributed by atoms with van der Waals surface area (Å²) in [6.07, 6.45) is 1.59. The molecular weight excluding hydrogens is 282 g/mol. The molecule has 0 bridgehead atoms. The number of benzene rings is 1. The number of nitrogens with two attached hydrogens (primary N) is 1. The molecule has 2 N–H and O–H groups in total. The van der Waals surface area contributed by atoms with Gasteiger partial charge >= 0.3 is 0 Å². The van der Waals surface area contributed by atoms with Crippen molar-refractivity contribution in [2.24, 2.45) is 0 Å². The standard InChI is InChI=1S/C12H12BrN3O/c1-7-8(2)16-12(6-15-7)17-11-4-3-9(13)5-10(11)14/h3-6H,14H2,1-2H3. The first-order chi connectivity index (χ1) is 8.06. The molecule has 0 radical (unpaired) electrons. The Kier molecular flexibility index (Phi) is 3.28. The Morgan fingerprint density at radius 2 is 2.00 bits per heavy atom. The van der Waals surface area contributed by atoms with Crippen LogP contribution in [0.4, 0.5) is 5.69 Å². The average Bonchev–Trinajstić information content (AvgIpc) is 2.27. The van der Waals surface area contributed by atoms with Crippen LogP contribution in [0.25, 0.3) is 0 Å². The van der Waals surface area contributed by atoms with Gasteiger partial charge in [-0.05, 0) is 32.0 Å². The van der Waals surface area contributed by atoms with Crippen LogP contribution in [0.15, 0.2) is 28.9 Å². The van der Waals surface area contributed by atoms with Crippen LogP contribution in [0.2, 0.25) is 0 Å². The predicted molar refractivity (Wildman–Crippen MR) is 70.1 cm³/mol. The number of halogens is 1. The normalized spacial score (nSPS) is 10.3. The molecule has 4 nitrogen and oxygen atoms in total. The van der Waals surface area contributed by atoms with Gasteiger partial charge in [0.2, 0.25) is 5.88 Å². The molecule has 0 fully saturated rings. The van der Waals surface area contributed by atoms with E-state index in [0.29, 0.717) is 17.3 Å². The molecule has 1 aromatic heterocycles. The number of ether oxygens (including phenoxy) is 1. The van der Waals surface area contributed by atoms with Gasteiger partial charge in [-0.1, -0.05) is 15.9 Å². The lowest BCUT2D eigenvalue weighted by Gasteiger charge is -2.08. The maximum Gasteiger partial charge on any atom is 0.238 e. The summed E-state index contributed by atoms with van der Waals surface area (Å²) in [5.74, 6) is 1.02. The number of nitrogen functional groups attached to an aromatic ring is 1. The van der Waals surface area contributed by atoms with Crippen LogP contribution in [0.1, 0.15) is 11.4 Å². The number of hydrogen-bond donors (Lipinski definition) is 1. The fourth-order valence-corrected chi connectivity index (χ4v) is 1.67. The first-order valence-electron chi connectivity index (χ1n) is 5.09. The van der Waals surface area contributed by atoms with Crippen LogP contribution in [0, 0.1) is 13.8 Å². The van der Waals surface area contributed by atoms with Gasteiger partial charge in [0.05, 0.1) is 23.3 Å². The third-order valence-corrected chi connectivity index (χ3v) is 2.85. The van der Waals surface area contributed by atoms with E-state index < -0.39 is 0 Å². The van der Waals surface area contributed by atoms with Gasteiger partial charge in [-0.15, -0.1) is 0 Å². The highest BCUT2D eigenvalue weighted by Crippen LogP contribution is 2.28. The Morgan fingerprint density at radius 3 is 2.65 bits per heavy atom. The molecule has 88 valence electrons. The van der Waals surface area contributed by atoms with E-state index in [2.05, 4.69) is 25.9 Å². The molecule has 0 amide bonds. The first kappa shape index (κ1) is 11.9. The second kappa shape index (κ2) is 4.71. The molecule has 0 atom stereocenters. The van der Waals surface area contributed by atoms with Gasteiger partial charge in [0.25, 0.3) is 0 Å². The Hall–Kier alpha value is -1.62. The van der Waals surface area contributed by atoms with Gasteiger partial charge < -0.3 is 10.5 Å². The summed E-state index contributed by atoms with van der Waals surface area (Å²) in [5, 5.41) is 0. The lowest BCUT2D eigenvalue weighted by molar-refractivity contribution is 0.460. The fourth-order valence-electron chi connectivity index (χ4n) is 1.29. The van der Waals surface area contributed by atoms with Crippen LogP contribution in [0.5, 0.6) is 11.6 Å². The molecule has 1 aromatic carbocycles. The number of aryl methyl sites for hydroxylation is 2. The fraction of sp³-hybridized carbons (Fsp3) is 0.167. The number of aromatic nitrogens is 2. The van der Waals surface area contributed by atoms with Crippen LogP contribution in [-0.2, 0) is 0 Å². The van der Waals surface area contributed by atoms with Crippen molar-refractivity contribution < 1.29 is 4.74 Å². The molecule has 1 heterocycles. The first-order valence-corrected chi connectivity index (χ1v) is 5.88. The molecule has 2 aromatic rings. The number of nitrogens with zero attached hydrogens (tertiary/aromatic N) is 2. The highest BCUT2D eigenvalue weighted by Gasteiger charge is 2.05. The molecule has 0 spiro atoms. The van der Waals surface area contributed by atoms with Gasteiger partial charge in [0.1, 0.15) is 0 Å². The van der Waals surface area contributed by atoms with Crippen molar-refractivity contribution in [3.05, 3.63) is 40.3 Å². The molecule has 0 saturated heterocycles. The van der Waals surface area contributed by atoms with E-state index >= 15 is 0 Å². The van der Waals surface area contributed by atoms with Gasteiger partial charge in [-0.2, -0.15) is 0 Å². The Labute approximate surface area is 108 Å². The van der Waals surface area contributed by atoms with Crippen molar-refractivity contribution in [2.45, 2.75) is 13.8 Å². The largest absolute Gasteiger partial charge is 0.435 e. The molecule has 2 rings (SSSR count). The Morgan fingerprint density at radius 1 is 1.24 bits per heavy atom. The lowest BCUT2D eigenvalue weighted by atomic mass is 10.3. The molecular formula is C12H12BrN3O. The summed E-state index contributed by atoms with van der Waals surface area (Å²) in [5.41, 5.74) is 8.12. The highest BCUT2D eigenvalue weighted by atomic mass is 79.9. The van der Waals surface area contributed by atoms with Crippen LogP contribution in [0.3, 0.4) is 0 Å². The summed E-state index contributed by atoms with van der Waals surface area (Å²) in [7, 11) is 0. The van der Waals surface area contributed by atoms with Crippen molar-refractivity contribution in [3.63, 3.8) is 0 Å². The smallest absolute Gasteiger partial charge is 0.238 e. The molecule has 17 heavy (non-hydrogen) atoms. The Bertz CT molecular complexity index is 557. The van der Waals surface area contributed by atoms with Crippen LogP contribution < -0.4 is 10.5 Å². The summed E-state index contributed by atoms with van der Waals surface area (Å²) >= 11 is 3.34. The quantitative estimate of drug-likeness (QED) is 0.864. The second-order valence-electron chi connectivity index (χ2n) is 3.66. The van der Waals surface area contributed by atoms with Crippen molar-refractivity contribution in [1.29, 1.82) is 0 Å². The third-order valence-electron chi connectivity index (χ3n) is 2.36. The zero-order valence-electron chi connectivity index (χ0n) is 9.57. The SMILES string of the molecule is Cc1ncc(Oc2ccc(Br)cc2N)nc1C. The molecule has 0 unspecified atom stereocenters. The topological polar surface area (TPSA) is 61.0 Å². The summed E-state index contributed by atoms with van der Waals surface area (Å²) in [4.78, 5) is 8.46. The number of anilines is 1. The third kappa shape index (κ3) is 2.74. The van der Waals surface area contributed by atoms with Crippen molar-refractivity contribution in [3.8, 4) is 11.6 Å². The minimum absolute atomic E-state index is 0.446. The van der Waals surface area contributed by atoms with E-state index in [1.165, 1.54) is 0 Å². The van der Waals surface area contributed by atoms with E-state index in [1.54, 1.807) is 18.3 Å². The van der Waals surface area contributed by atoms with Crippen LogP contribution in [-0.4, -0.2) is 9.97 Å². The zero-order valence-corrected chi connectivity index (χ0v) is 11.2. The maximum atomic E-state index is 5.83. The highest BCUT2D eigenvalue weighted by molar-refractivity contribution is 9.10. The van der Waals surface area contributed by atoms with Gasteiger partial charge in [0, 0.05) is 4.47 Å².